The van der Waals surface area contributed by atoms with Crippen LogP contribution in [0.5, 0.6) is 0 Å². The molecule has 1 saturated heterocycles. The van der Waals surface area contributed by atoms with Gasteiger partial charge in [0.2, 0.25) is 0 Å². The van der Waals surface area contributed by atoms with Crippen LogP contribution < -0.4 is 16.0 Å². The Morgan fingerprint density at radius 3 is 3.19 bits per heavy atom. The van der Waals surface area contributed by atoms with Crippen molar-refractivity contribution in [2.24, 2.45) is 0 Å². The molecule has 5 heteroatoms. The highest BCUT2D eigenvalue weighted by atomic mass is 32.1. The molecule has 1 aliphatic heterocycles. The number of urea groups is 1. The van der Waals surface area contributed by atoms with Crippen molar-refractivity contribution in [3.05, 3.63) is 17.5 Å². The van der Waals surface area contributed by atoms with Crippen LogP contribution in [-0.4, -0.2) is 25.2 Å². The number of thiophene rings is 1. The van der Waals surface area contributed by atoms with Gasteiger partial charge in [0.1, 0.15) is 0 Å². The molecular formula is C11H17N3OS. The molecule has 2 amide bonds. The summed E-state index contributed by atoms with van der Waals surface area (Å²) in [5.74, 6) is 0. The van der Waals surface area contributed by atoms with E-state index < -0.39 is 0 Å². The van der Waals surface area contributed by atoms with E-state index in [2.05, 4.69) is 16.0 Å². The van der Waals surface area contributed by atoms with Crippen molar-refractivity contribution >= 4 is 22.4 Å². The molecule has 4 nitrogen and oxygen atoms in total. The highest BCUT2D eigenvalue weighted by Gasteiger charge is 2.13. The second kappa shape index (κ2) is 5.86. The van der Waals surface area contributed by atoms with Crippen LogP contribution in [-0.2, 0) is 0 Å². The largest absolute Gasteiger partial charge is 0.336 e. The normalized spacial score (nSPS) is 20.4. The lowest BCUT2D eigenvalue weighted by molar-refractivity contribution is 0.249. The molecule has 0 spiro atoms. The van der Waals surface area contributed by atoms with Crippen molar-refractivity contribution in [1.82, 2.24) is 10.6 Å². The zero-order valence-corrected chi connectivity index (χ0v) is 9.98. The van der Waals surface area contributed by atoms with E-state index in [0.29, 0.717) is 12.6 Å². The van der Waals surface area contributed by atoms with Crippen LogP contribution in [0.25, 0.3) is 0 Å². The van der Waals surface area contributed by atoms with Crippen LogP contribution in [0.15, 0.2) is 17.5 Å². The van der Waals surface area contributed by atoms with Crippen LogP contribution in [0.4, 0.5) is 9.80 Å². The summed E-state index contributed by atoms with van der Waals surface area (Å²) < 4.78 is 0. The second-order valence-electron chi connectivity index (χ2n) is 3.96. The molecule has 0 aromatic carbocycles. The second-order valence-corrected chi connectivity index (χ2v) is 4.91. The Hall–Kier alpha value is -1.07. The number of carbonyl (C=O) groups excluding carboxylic acids is 1. The van der Waals surface area contributed by atoms with Gasteiger partial charge in [-0.05, 0) is 36.9 Å². The molecule has 1 aromatic heterocycles. The molecule has 0 aliphatic carbocycles. The number of anilines is 1. The van der Waals surface area contributed by atoms with Gasteiger partial charge in [-0.25, -0.2) is 4.79 Å². The monoisotopic (exact) mass is 239 g/mol. The van der Waals surface area contributed by atoms with Gasteiger partial charge in [0.15, 0.2) is 0 Å². The van der Waals surface area contributed by atoms with Gasteiger partial charge in [0.05, 0.1) is 5.00 Å². The quantitative estimate of drug-likeness (QED) is 0.756. The number of rotatable bonds is 3. The van der Waals surface area contributed by atoms with Crippen molar-refractivity contribution < 1.29 is 4.79 Å². The third-order valence-corrected chi connectivity index (χ3v) is 3.46. The van der Waals surface area contributed by atoms with Crippen molar-refractivity contribution in [2.45, 2.75) is 25.3 Å². The fourth-order valence-electron chi connectivity index (χ4n) is 1.82. The van der Waals surface area contributed by atoms with Crippen molar-refractivity contribution in [3.63, 3.8) is 0 Å². The zero-order chi connectivity index (χ0) is 11.2. The molecular weight excluding hydrogens is 222 g/mol. The SMILES string of the molecule is O=C(NCC1CCCCN1)Nc1cccs1. The van der Waals surface area contributed by atoms with Crippen molar-refractivity contribution in [1.29, 1.82) is 0 Å². The van der Waals surface area contributed by atoms with Crippen LogP contribution >= 0.6 is 11.3 Å². The minimum absolute atomic E-state index is 0.116. The highest BCUT2D eigenvalue weighted by molar-refractivity contribution is 7.14. The number of hydrogen-bond acceptors (Lipinski definition) is 3. The smallest absolute Gasteiger partial charge is 0.319 e. The lowest BCUT2D eigenvalue weighted by Crippen LogP contribution is -2.44. The van der Waals surface area contributed by atoms with E-state index in [1.54, 1.807) is 0 Å². The van der Waals surface area contributed by atoms with Gasteiger partial charge in [0, 0.05) is 12.6 Å². The zero-order valence-electron chi connectivity index (χ0n) is 9.16. The Kier molecular flexibility index (Phi) is 4.18. The summed E-state index contributed by atoms with van der Waals surface area (Å²) in [7, 11) is 0. The Morgan fingerprint density at radius 2 is 2.50 bits per heavy atom. The number of carbonyl (C=O) groups is 1. The molecule has 88 valence electrons. The van der Waals surface area contributed by atoms with Gasteiger partial charge in [0.25, 0.3) is 0 Å². The summed E-state index contributed by atoms with van der Waals surface area (Å²) in [5.41, 5.74) is 0. The van der Waals surface area contributed by atoms with Gasteiger partial charge < -0.3 is 10.6 Å². The molecule has 16 heavy (non-hydrogen) atoms. The molecule has 2 heterocycles. The lowest BCUT2D eigenvalue weighted by atomic mass is 10.1. The van der Waals surface area contributed by atoms with E-state index in [1.807, 2.05) is 17.5 Å². The Labute approximate surface area is 99.4 Å². The van der Waals surface area contributed by atoms with Crippen LogP contribution in [0, 0.1) is 0 Å². The van der Waals surface area contributed by atoms with Gasteiger partial charge >= 0.3 is 6.03 Å². The van der Waals surface area contributed by atoms with Crippen molar-refractivity contribution in [2.75, 3.05) is 18.4 Å². The molecule has 1 unspecified atom stereocenters. The molecule has 0 saturated carbocycles. The van der Waals surface area contributed by atoms with Crippen LogP contribution in [0.1, 0.15) is 19.3 Å². The minimum Gasteiger partial charge on any atom is -0.336 e. The van der Waals surface area contributed by atoms with E-state index in [0.717, 1.165) is 18.0 Å². The number of hydrogen-bond donors (Lipinski definition) is 3. The van der Waals surface area contributed by atoms with Gasteiger partial charge in [-0.15, -0.1) is 11.3 Å². The number of piperidine rings is 1. The molecule has 3 N–H and O–H groups in total. The maximum Gasteiger partial charge on any atom is 0.319 e. The van der Waals surface area contributed by atoms with Crippen LogP contribution in [0.3, 0.4) is 0 Å². The standard InChI is InChI=1S/C11H17N3OS/c15-11(14-10-5-3-7-16-10)13-8-9-4-1-2-6-12-9/h3,5,7,9,12H,1-2,4,6,8H2,(H2,13,14,15). The molecule has 2 rings (SSSR count). The first kappa shape index (κ1) is 11.4. The minimum atomic E-state index is -0.116. The van der Waals surface area contributed by atoms with E-state index in [1.165, 1.54) is 24.2 Å². The summed E-state index contributed by atoms with van der Waals surface area (Å²) >= 11 is 1.53. The van der Waals surface area contributed by atoms with Crippen molar-refractivity contribution in [3.8, 4) is 0 Å². The Bertz CT molecular complexity index is 320. The Morgan fingerprint density at radius 1 is 1.56 bits per heavy atom. The fourth-order valence-corrected chi connectivity index (χ4v) is 2.43. The average molecular weight is 239 g/mol. The fraction of sp³-hybridized carbons (Fsp3) is 0.545. The predicted octanol–water partition coefficient (Wildman–Crippen LogP) is 2.01. The summed E-state index contributed by atoms with van der Waals surface area (Å²) in [4.78, 5) is 11.5. The van der Waals surface area contributed by atoms with Gasteiger partial charge in [-0.1, -0.05) is 6.42 Å². The summed E-state index contributed by atoms with van der Waals surface area (Å²) in [5, 5.41) is 11.9. The van der Waals surface area contributed by atoms with E-state index >= 15 is 0 Å². The molecule has 1 atom stereocenters. The first-order valence-electron chi connectivity index (χ1n) is 5.66. The maximum atomic E-state index is 11.5. The van der Waals surface area contributed by atoms with Crippen LogP contribution in [0.2, 0.25) is 0 Å². The first-order valence-corrected chi connectivity index (χ1v) is 6.54. The average Bonchev–Trinajstić information content (AvgIpc) is 2.81. The van der Waals surface area contributed by atoms with E-state index in [-0.39, 0.29) is 6.03 Å². The molecule has 1 aliphatic rings. The van der Waals surface area contributed by atoms with E-state index in [9.17, 15) is 4.79 Å². The summed E-state index contributed by atoms with van der Waals surface area (Å²) in [6, 6.07) is 4.13. The van der Waals surface area contributed by atoms with Gasteiger partial charge in [-0.2, -0.15) is 0 Å². The third-order valence-electron chi connectivity index (χ3n) is 2.68. The third kappa shape index (κ3) is 3.50. The lowest BCUT2D eigenvalue weighted by Gasteiger charge is -2.23. The Balaban J connectivity index is 1.67. The maximum absolute atomic E-state index is 11.5. The number of amides is 2. The topological polar surface area (TPSA) is 53.2 Å². The molecule has 0 bridgehead atoms. The molecule has 1 fully saturated rings. The first-order chi connectivity index (χ1) is 7.84. The highest BCUT2D eigenvalue weighted by Crippen LogP contribution is 2.14. The van der Waals surface area contributed by atoms with Gasteiger partial charge in [-0.3, -0.25) is 5.32 Å². The summed E-state index contributed by atoms with van der Waals surface area (Å²) in [6.45, 7) is 1.77. The predicted molar refractivity (Wildman–Crippen MR) is 67.0 cm³/mol. The molecule has 0 radical (unpaired) electrons. The van der Waals surface area contributed by atoms with E-state index in [4.69, 9.17) is 0 Å². The number of nitrogens with one attached hydrogen (secondary N) is 3. The molecule has 1 aromatic rings. The summed E-state index contributed by atoms with van der Waals surface area (Å²) in [6.07, 6.45) is 3.66.